The Morgan fingerprint density at radius 1 is 1.00 bits per heavy atom. The first-order chi connectivity index (χ1) is 11.4. The molecule has 0 unspecified atom stereocenters. The molecule has 7 heteroatoms. The highest BCUT2D eigenvalue weighted by molar-refractivity contribution is 9.10. The number of nitrogens with zero attached hydrogens (tertiary/aromatic N) is 1. The third kappa shape index (κ3) is 2.90. The lowest BCUT2D eigenvalue weighted by molar-refractivity contribution is -0.123. The highest BCUT2D eigenvalue weighted by Gasteiger charge is 2.28. The van der Waals surface area contributed by atoms with Crippen LogP contribution in [0.2, 0.25) is 0 Å². The molecule has 3 rings (SSSR count). The van der Waals surface area contributed by atoms with Crippen molar-refractivity contribution in [3.05, 3.63) is 57.3 Å². The summed E-state index contributed by atoms with van der Waals surface area (Å²) in [4.78, 5) is 34.8. The summed E-state index contributed by atoms with van der Waals surface area (Å²) in [6, 6.07) is 8.92. The Morgan fingerprint density at radius 3 is 2.17 bits per heavy atom. The number of carbonyl (C=O) groups excluding carboxylic acids is 3. The average molecular weight is 388 g/mol. The summed E-state index contributed by atoms with van der Waals surface area (Å²) in [6.45, 7) is 3.85. The number of hydrogen-bond acceptors (Lipinski definition) is 3. The van der Waals surface area contributed by atoms with E-state index in [2.05, 4.69) is 26.6 Å². The van der Waals surface area contributed by atoms with E-state index in [9.17, 15) is 14.4 Å². The lowest BCUT2D eigenvalue weighted by Gasteiger charge is -2.14. The van der Waals surface area contributed by atoms with E-state index in [1.165, 1.54) is 6.08 Å². The van der Waals surface area contributed by atoms with Gasteiger partial charge in [0.1, 0.15) is 5.57 Å². The van der Waals surface area contributed by atoms with E-state index in [1.807, 2.05) is 48.7 Å². The number of barbiturate groups is 1. The molecule has 1 aliphatic heterocycles. The van der Waals surface area contributed by atoms with Gasteiger partial charge in [-0.2, -0.15) is 0 Å². The van der Waals surface area contributed by atoms with Gasteiger partial charge in [-0.15, -0.1) is 0 Å². The zero-order chi connectivity index (χ0) is 17.4. The Hall–Kier alpha value is -2.67. The number of carbonyl (C=O) groups is 3. The number of imide groups is 2. The van der Waals surface area contributed by atoms with Gasteiger partial charge in [-0.1, -0.05) is 15.9 Å². The number of rotatable bonds is 2. The minimum atomic E-state index is -0.803. The Morgan fingerprint density at radius 2 is 1.58 bits per heavy atom. The molecule has 0 bridgehead atoms. The van der Waals surface area contributed by atoms with Crippen molar-refractivity contribution >= 4 is 39.9 Å². The number of hydrogen-bond donors (Lipinski definition) is 2. The number of amides is 4. The second kappa shape index (κ2) is 6.09. The van der Waals surface area contributed by atoms with Gasteiger partial charge >= 0.3 is 6.03 Å². The molecule has 1 aromatic carbocycles. The highest BCUT2D eigenvalue weighted by atomic mass is 79.9. The predicted molar refractivity (Wildman–Crippen MR) is 92.6 cm³/mol. The quantitative estimate of drug-likeness (QED) is 0.613. The molecule has 1 aromatic heterocycles. The van der Waals surface area contributed by atoms with E-state index in [-0.39, 0.29) is 5.57 Å². The van der Waals surface area contributed by atoms with Crippen molar-refractivity contribution in [2.24, 2.45) is 0 Å². The topological polar surface area (TPSA) is 80.2 Å². The number of aromatic nitrogens is 1. The molecule has 0 radical (unpaired) electrons. The summed E-state index contributed by atoms with van der Waals surface area (Å²) in [5.74, 6) is -1.39. The molecule has 4 amide bonds. The second-order valence-electron chi connectivity index (χ2n) is 5.43. The van der Waals surface area contributed by atoms with Gasteiger partial charge in [-0.05, 0) is 55.8 Å². The highest BCUT2D eigenvalue weighted by Crippen LogP contribution is 2.24. The molecule has 0 spiro atoms. The van der Waals surface area contributed by atoms with Crippen LogP contribution < -0.4 is 10.6 Å². The maximum Gasteiger partial charge on any atom is 0.328 e. The molecule has 2 heterocycles. The number of urea groups is 1. The van der Waals surface area contributed by atoms with Gasteiger partial charge in [-0.25, -0.2) is 4.79 Å². The molecular formula is C17H14BrN3O3. The molecule has 1 aliphatic rings. The van der Waals surface area contributed by atoms with Gasteiger partial charge in [0, 0.05) is 21.5 Å². The van der Waals surface area contributed by atoms with E-state index in [0.717, 1.165) is 27.1 Å². The molecule has 2 aromatic rings. The third-order valence-corrected chi connectivity index (χ3v) is 4.33. The summed E-state index contributed by atoms with van der Waals surface area (Å²) in [5, 5.41) is 4.14. The first-order valence-corrected chi connectivity index (χ1v) is 7.99. The molecule has 6 nitrogen and oxygen atoms in total. The summed E-state index contributed by atoms with van der Waals surface area (Å²) >= 11 is 3.41. The molecule has 0 saturated carbocycles. The Kier molecular flexibility index (Phi) is 4.11. The first kappa shape index (κ1) is 16.2. The zero-order valence-electron chi connectivity index (χ0n) is 13.0. The number of nitrogens with one attached hydrogen (secondary N) is 2. The van der Waals surface area contributed by atoms with Crippen LogP contribution in [0.1, 0.15) is 17.0 Å². The second-order valence-corrected chi connectivity index (χ2v) is 6.35. The number of aryl methyl sites for hydroxylation is 1. The normalized spacial score (nSPS) is 14.5. The van der Waals surface area contributed by atoms with E-state index >= 15 is 0 Å². The monoisotopic (exact) mass is 387 g/mol. The van der Waals surface area contributed by atoms with Crippen LogP contribution in [0.5, 0.6) is 0 Å². The SMILES string of the molecule is Cc1cc(C=C2C(=O)NC(=O)NC2=O)c(C)n1-c1ccc(Br)cc1. The summed E-state index contributed by atoms with van der Waals surface area (Å²) in [6.07, 6.45) is 1.49. The largest absolute Gasteiger partial charge is 0.328 e. The van der Waals surface area contributed by atoms with Crippen LogP contribution in [0.25, 0.3) is 11.8 Å². The van der Waals surface area contributed by atoms with Crippen LogP contribution in [0.15, 0.2) is 40.4 Å². The van der Waals surface area contributed by atoms with Crippen molar-refractivity contribution in [2.75, 3.05) is 0 Å². The number of benzene rings is 1. The summed E-state index contributed by atoms with van der Waals surface area (Å²) in [7, 11) is 0. The summed E-state index contributed by atoms with van der Waals surface area (Å²) < 4.78 is 3.01. The van der Waals surface area contributed by atoms with Crippen molar-refractivity contribution < 1.29 is 14.4 Å². The van der Waals surface area contributed by atoms with E-state index in [1.54, 1.807) is 0 Å². The average Bonchev–Trinajstić information content (AvgIpc) is 2.78. The third-order valence-electron chi connectivity index (χ3n) is 3.80. The molecule has 1 fully saturated rings. The Balaban J connectivity index is 2.05. The van der Waals surface area contributed by atoms with Crippen LogP contribution in [0.3, 0.4) is 0 Å². The Labute approximate surface area is 146 Å². The van der Waals surface area contributed by atoms with Gasteiger partial charge in [0.2, 0.25) is 0 Å². The van der Waals surface area contributed by atoms with Gasteiger partial charge in [0.05, 0.1) is 0 Å². The van der Waals surface area contributed by atoms with Gasteiger partial charge < -0.3 is 4.57 Å². The van der Waals surface area contributed by atoms with Gasteiger partial charge in [0.25, 0.3) is 11.8 Å². The van der Waals surface area contributed by atoms with E-state index in [0.29, 0.717) is 0 Å². The molecule has 2 N–H and O–H groups in total. The maximum atomic E-state index is 11.9. The van der Waals surface area contributed by atoms with Crippen LogP contribution in [0.4, 0.5) is 4.79 Å². The van der Waals surface area contributed by atoms with Crippen LogP contribution in [0, 0.1) is 13.8 Å². The van der Waals surface area contributed by atoms with E-state index < -0.39 is 17.8 Å². The molecule has 0 aliphatic carbocycles. The lowest BCUT2D eigenvalue weighted by Crippen LogP contribution is -2.51. The van der Waals surface area contributed by atoms with E-state index in [4.69, 9.17) is 0 Å². The minimum absolute atomic E-state index is 0.0920. The van der Waals surface area contributed by atoms with Gasteiger partial charge in [0.15, 0.2) is 0 Å². The summed E-state index contributed by atoms with van der Waals surface area (Å²) in [5.41, 5.74) is 3.48. The minimum Gasteiger partial charge on any atom is -0.318 e. The smallest absolute Gasteiger partial charge is 0.318 e. The standard InChI is InChI=1S/C17H14BrN3O3/c1-9-7-11(8-14-15(22)19-17(24)20-16(14)23)10(2)21(9)13-5-3-12(18)4-6-13/h3-8H,1-2H3,(H2,19,20,22,23,24). The molecule has 1 saturated heterocycles. The van der Waals surface area contributed by atoms with Crippen molar-refractivity contribution in [1.29, 1.82) is 0 Å². The van der Waals surface area contributed by atoms with Crippen LogP contribution >= 0.6 is 15.9 Å². The number of halogens is 1. The fraction of sp³-hybridized carbons (Fsp3) is 0.118. The van der Waals surface area contributed by atoms with Crippen LogP contribution in [-0.2, 0) is 9.59 Å². The molecular weight excluding hydrogens is 374 g/mol. The van der Waals surface area contributed by atoms with Gasteiger partial charge in [-0.3, -0.25) is 20.2 Å². The van der Waals surface area contributed by atoms with Crippen molar-refractivity contribution in [1.82, 2.24) is 15.2 Å². The Bertz CT molecular complexity index is 873. The first-order valence-electron chi connectivity index (χ1n) is 7.20. The molecule has 24 heavy (non-hydrogen) atoms. The molecule has 122 valence electrons. The van der Waals surface area contributed by atoms with Crippen LogP contribution in [-0.4, -0.2) is 22.4 Å². The fourth-order valence-corrected chi connectivity index (χ4v) is 2.95. The predicted octanol–water partition coefficient (Wildman–Crippen LogP) is 2.61. The maximum absolute atomic E-state index is 11.9. The lowest BCUT2D eigenvalue weighted by atomic mass is 10.1. The van der Waals surface area contributed by atoms with Crippen molar-refractivity contribution in [2.45, 2.75) is 13.8 Å². The van der Waals surface area contributed by atoms with Crippen molar-refractivity contribution in [3.63, 3.8) is 0 Å². The molecule has 0 atom stereocenters. The fourth-order valence-electron chi connectivity index (χ4n) is 2.68. The van der Waals surface area contributed by atoms with Crippen molar-refractivity contribution in [3.8, 4) is 5.69 Å². The zero-order valence-corrected chi connectivity index (χ0v) is 14.6.